The van der Waals surface area contributed by atoms with Gasteiger partial charge in [-0.1, -0.05) is 43.8 Å². The average Bonchev–Trinajstić information content (AvgIpc) is 3.12. The zero-order valence-corrected chi connectivity index (χ0v) is 20.2. The normalized spacial score (nSPS) is 14.6. The van der Waals surface area contributed by atoms with Gasteiger partial charge >= 0.3 is 0 Å². The number of aryl methyl sites for hydroxylation is 2. The summed E-state index contributed by atoms with van der Waals surface area (Å²) in [4.78, 5) is 33.2. The number of aromatic nitrogens is 2. The van der Waals surface area contributed by atoms with Gasteiger partial charge in [-0.15, -0.1) is 11.3 Å². The second-order valence-electron chi connectivity index (χ2n) is 8.33. The lowest BCUT2D eigenvalue weighted by Crippen LogP contribution is -2.27. The van der Waals surface area contributed by atoms with E-state index in [1.807, 2.05) is 38.1 Å². The van der Waals surface area contributed by atoms with Gasteiger partial charge in [0.25, 0.3) is 5.56 Å². The molecule has 0 saturated carbocycles. The van der Waals surface area contributed by atoms with E-state index < -0.39 is 0 Å². The summed E-state index contributed by atoms with van der Waals surface area (Å²) in [5.74, 6) is 0.235. The molecular weight excluding hydrogens is 426 g/mol. The van der Waals surface area contributed by atoms with Gasteiger partial charge in [-0.05, 0) is 62.6 Å². The molecule has 2 heterocycles. The summed E-state index contributed by atoms with van der Waals surface area (Å²) >= 11 is 3.01. The van der Waals surface area contributed by atoms with Gasteiger partial charge < -0.3 is 5.32 Å². The Labute approximate surface area is 191 Å². The molecule has 0 spiro atoms. The third-order valence-corrected chi connectivity index (χ3v) is 8.12. The van der Waals surface area contributed by atoms with Gasteiger partial charge in [0.2, 0.25) is 5.91 Å². The highest BCUT2D eigenvalue weighted by Crippen LogP contribution is 2.35. The summed E-state index contributed by atoms with van der Waals surface area (Å²) in [6, 6.07) is 7.90. The van der Waals surface area contributed by atoms with E-state index in [9.17, 15) is 9.59 Å². The number of rotatable bonds is 6. The highest BCUT2D eigenvalue weighted by molar-refractivity contribution is 8.00. The summed E-state index contributed by atoms with van der Waals surface area (Å²) in [5.41, 5.74) is 3.20. The average molecular weight is 456 g/mol. The maximum atomic E-state index is 13.3. The molecule has 0 fully saturated rings. The van der Waals surface area contributed by atoms with Crippen molar-refractivity contribution in [1.82, 2.24) is 9.55 Å². The number of carbonyl (C=O) groups is 1. The fourth-order valence-corrected chi connectivity index (χ4v) is 6.42. The fourth-order valence-electron chi connectivity index (χ4n) is 4.15. The number of hydrogen-bond acceptors (Lipinski definition) is 5. The van der Waals surface area contributed by atoms with Crippen LogP contribution >= 0.6 is 23.1 Å². The van der Waals surface area contributed by atoms with Crippen molar-refractivity contribution in [2.24, 2.45) is 0 Å². The number of thiophene rings is 1. The van der Waals surface area contributed by atoms with Gasteiger partial charge in [0.15, 0.2) is 5.16 Å². The summed E-state index contributed by atoms with van der Waals surface area (Å²) in [7, 11) is 0. The predicted octanol–water partition coefficient (Wildman–Crippen LogP) is 5.60. The van der Waals surface area contributed by atoms with Gasteiger partial charge in [0.1, 0.15) is 4.83 Å². The smallest absolute Gasteiger partial charge is 0.263 e. The molecular formula is C24H29N3O2S2. The van der Waals surface area contributed by atoms with Crippen LogP contribution < -0.4 is 10.9 Å². The van der Waals surface area contributed by atoms with E-state index in [0.29, 0.717) is 17.6 Å². The number of amides is 1. The molecule has 4 rings (SSSR count). The van der Waals surface area contributed by atoms with Gasteiger partial charge in [0.05, 0.1) is 10.6 Å². The number of carbonyl (C=O) groups excluding carboxylic acids is 1. The molecule has 5 nitrogen and oxygen atoms in total. The second-order valence-corrected chi connectivity index (χ2v) is 10.7. The van der Waals surface area contributed by atoms with Gasteiger partial charge in [-0.3, -0.25) is 14.2 Å². The highest BCUT2D eigenvalue weighted by Gasteiger charge is 2.24. The van der Waals surface area contributed by atoms with E-state index in [1.54, 1.807) is 15.9 Å². The molecule has 1 aliphatic carbocycles. The molecule has 0 radical (unpaired) electrons. The van der Waals surface area contributed by atoms with Crippen LogP contribution in [0.2, 0.25) is 0 Å². The van der Waals surface area contributed by atoms with Gasteiger partial charge in [-0.25, -0.2) is 4.98 Å². The largest absolute Gasteiger partial charge is 0.325 e. The maximum Gasteiger partial charge on any atom is 0.263 e. The molecule has 1 unspecified atom stereocenters. The Morgan fingerprint density at radius 1 is 1.23 bits per heavy atom. The molecule has 2 aromatic heterocycles. The number of nitrogens with one attached hydrogen (secondary N) is 1. The van der Waals surface area contributed by atoms with Crippen molar-refractivity contribution in [3.63, 3.8) is 0 Å². The van der Waals surface area contributed by atoms with Crippen molar-refractivity contribution in [2.75, 3.05) is 5.32 Å². The first kappa shape index (κ1) is 22.1. The minimum Gasteiger partial charge on any atom is -0.325 e. The summed E-state index contributed by atoms with van der Waals surface area (Å²) in [6.07, 6.45) is 4.32. The number of thioether (sulfide) groups is 1. The van der Waals surface area contributed by atoms with E-state index >= 15 is 0 Å². The predicted molar refractivity (Wildman–Crippen MR) is 131 cm³/mol. The number of nitrogens with zero attached hydrogens (tertiary/aromatic N) is 2. The van der Waals surface area contributed by atoms with Crippen LogP contribution in [0.25, 0.3) is 10.2 Å². The topological polar surface area (TPSA) is 64.0 Å². The lowest BCUT2D eigenvalue weighted by Gasteiger charge is -2.17. The molecule has 0 saturated heterocycles. The molecule has 7 heteroatoms. The van der Waals surface area contributed by atoms with Crippen LogP contribution in [0.3, 0.4) is 0 Å². The molecule has 1 N–H and O–H groups in total. The quantitative estimate of drug-likeness (QED) is 0.388. The number of fused-ring (bicyclic) bond motifs is 3. The lowest BCUT2D eigenvalue weighted by atomic mass is 9.97. The minimum atomic E-state index is -0.378. The van der Waals surface area contributed by atoms with E-state index in [2.05, 4.69) is 19.2 Å². The van der Waals surface area contributed by atoms with Crippen molar-refractivity contribution < 1.29 is 4.79 Å². The summed E-state index contributed by atoms with van der Waals surface area (Å²) in [5, 5.41) is 4.11. The number of anilines is 1. The Kier molecular flexibility index (Phi) is 6.53. The first-order chi connectivity index (χ1) is 14.9. The molecule has 0 bridgehead atoms. The molecule has 0 aliphatic heterocycles. The Morgan fingerprint density at radius 2 is 1.97 bits per heavy atom. The Morgan fingerprint density at radius 3 is 2.71 bits per heavy atom. The molecule has 164 valence electrons. The van der Waals surface area contributed by atoms with E-state index in [1.165, 1.54) is 28.6 Å². The Balaban J connectivity index is 1.62. The van der Waals surface area contributed by atoms with Crippen LogP contribution in [0, 0.1) is 0 Å². The van der Waals surface area contributed by atoms with Crippen molar-refractivity contribution in [3.8, 4) is 0 Å². The van der Waals surface area contributed by atoms with E-state index in [-0.39, 0.29) is 16.7 Å². The second kappa shape index (κ2) is 9.17. The third kappa shape index (κ3) is 4.30. The van der Waals surface area contributed by atoms with Crippen molar-refractivity contribution in [2.45, 2.75) is 76.2 Å². The molecule has 1 atom stereocenters. The molecule has 31 heavy (non-hydrogen) atoms. The summed E-state index contributed by atoms with van der Waals surface area (Å²) < 4.78 is 1.72. The number of para-hydroxylation sites is 1. The fraction of sp³-hybridized carbons (Fsp3) is 0.458. The zero-order chi connectivity index (χ0) is 22.1. The third-order valence-electron chi connectivity index (χ3n) is 5.85. The zero-order valence-electron chi connectivity index (χ0n) is 18.5. The molecule has 3 aromatic rings. The lowest BCUT2D eigenvalue weighted by molar-refractivity contribution is -0.115. The summed E-state index contributed by atoms with van der Waals surface area (Å²) in [6.45, 7) is 8.60. The van der Waals surface area contributed by atoms with E-state index in [4.69, 9.17) is 4.98 Å². The van der Waals surface area contributed by atoms with Gasteiger partial charge in [-0.2, -0.15) is 0 Å². The van der Waals surface area contributed by atoms with Crippen LogP contribution in [0.15, 0.2) is 34.2 Å². The maximum absolute atomic E-state index is 13.3. The monoisotopic (exact) mass is 455 g/mol. The molecule has 1 aromatic carbocycles. The van der Waals surface area contributed by atoms with E-state index in [0.717, 1.165) is 40.7 Å². The Hall–Kier alpha value is -2.12. The van der Waals surface area contributed by atoms with Crippen molar-refractivity contribution in [3.05, 3.63) is 50.6 Å². The molecule has 1 amide bonds. The van der Waals surface area contributed by atoms with Crippen LogP contribution in [0.5, 0.6) is 0 Å². The number of benzene rings is 1. The van der Waals surface area contributed by atoms with Crippen LogP contribution in [-0.2, 0) is 24.2 Å². The molecule has 1 aliphatic rings. The van der Waals surface area contributed by atoms with Crippen LogP contribution in [0.1, 0.15) is 62.5 Å². The SMILES string of the molecule is CCn1c(SC(C)C(=O)Nc2ccccc2C(C)C)nc2sc3c(c2c1=O)CCCC3. The first-order valence-electron chi connectivity index (χ1n) is 11.0. The highest BCUT2D eigenvalue weighted by atomic mass is 32.2. The Bertz CT molecular complexity index is 1180. The van der Waals surface area contributed by atoms with Crippen LogP contribution in [0.4, 0.5) is 5.69 Å². The standard InChI is InChI=1S/C24H29N3O2S2/c1-5-27-23(29)20-17-11-7-9-13-19(17)31-22(20)26-24(27)30-15(4)21(28)25-18-12-8-6-10-16(18)14(2)3/h6,8,10,12,14-15H,5,7,9,11,13H2,1-4H3,(H,25,28). The van der Waals surface area contributed by atoms with Crippen molar-refractivity contribution >= 4 is 44.9 Å². The van der Waals surface area contributed by atoms with Crippen LogP contribution in [-0.4, -0.2) is 20.7 Å². The number of hydrogen-bond donors (Lipinski definition) is 1. The van der Waals surface area contributed by atoms with Crippen molar-refractivity contribution in [1.29, 1.82) is 0 Å². The first-order valence-corrected chi connectivity index (χ1v) is 12.7. The minimum absolute atomic E-state index is 0.0344. The van der Waals surface area contributed by atoms with Gasteiger partial charge in [0, 0.05) is 17.1 Å².